The number of amides is 1. The number of nitro groups is 1. The van der Waals surface area contributed by atoms with Gasteiger partial charge in [0.25, 0.3) is 5.91 Å². The molecule has 1 amide bonds. The molecule has 0 saturated heterocycles. The molecule has 1 aromatic heterocycles. The summed E-state index contributed by atoms with van der Waals surface area (Å²) in [6.45, 7) is -0.466. The van der Waals surface area contributed by atoms with E-state index in [0.717, 1.165) is 6.07 Å². The van der Waals surface area contributed by atoms with Crippen molar-refractivity contribution in [2.75, 3.05) is 11.9 Å². The van der Waals surface area contributed by atoms with Crippen LogP contribution in [0.3, 0.4) is 0 Å². The normalized spacial score (nSPS) is 9.96. The zero-order valence-corrected chi connectivity index (χ0v) is 12.3. The summed E-state index contributed by atoms with van der Waals surface area (Å²) in [7, 11) is 0. The Hall–Kier alpha value is -3.00. The van der Waals surface area contributed by atoms with E-state index in [2.05, 4.69) is 10.3 Å². The van der Waals surface area contributed by atoms with Crippen molar-refractivity contribution in [3.05, 3.63) is 57.4 Å². The lowest BCUT2D eigenvalue weighted by atomic mass is 10.2. The second kappa shape index (κ2) is 7.32. The number of anilines is 1. The molecule has 0 radical (unpaired) electrons. The van der Waals surface area contributed by atoms with E-state index in [1.54, 1.807) is 12.1 Å². The molecular formula is C14H10ClN3O5. The topological polar surface area (TPSA) is 111 Å². The fourth-order valence-electron chi connectivity index (χ4n) is 1.68. The van der Waals surface area contributed by atoms with Crippen molar-refractivity contribution in [1.82, 2.24) is 4.98 Å². The second-order valence-corrected chi connectivity index (χ2v) is 4.64. The summed E-state index contributed by atoms with van der Waals surface area (Å²) in [5.74, 6) is -0.679. The molecule has 1 aromatic carbocycles. The highest BCUT2D eigenvalue weighted by molar-refractivity contribution is 6.32. The van der Waals surface area contributed by atoms with Crippen molar-refractivity contribution in [3.8, 4) is 5.75 Å². The first-order valence-corrected chi connectivity index (χ1v) is 6.66. The highest BCUT2D eigenvalue weighted by Gasteiger charge is 2.17. The molecule has 0 spiro atoms. The number of ether oxygens (including phenoxy) is 1. The van der Waals surface area contributed by atoms with Gasteiger partial charge < -0.3 is 10.1 Å². The monoisotopic (exact) mass is 335 g/mol. The number of nitrogens with zero attached hydrogens (tertiary/aromatic N) is 2. The maximum Gasteiger partial charge on any atom is 0.311 e. The number of hydrogen-bond acceptors (Lipinski definition) is 6. The Labute approximate surface area is 135 Å². The van der Waals surface area contributed by atoms with Crippen LogP contribution in [0.5, 0.6) is 5.75 Å². The Morgan fingerprint density at radius 3 is 2.87 bits per heavy atom. The molecular weight excluding hydrogens is 326 g/mol. The molecule has 9 heteroatoms. The molecule has 0 unspecified atom stereocenters. The van der Waals surface area contributed by atoms with Crippen LogP contribution in [0.4, 0.5) is 11.4 Å². The van der Waals surface area contributed by atoms with E-state index >= 15 is 0 Å². The quantitative estimate of drug-likeness (QED) is 0.375. The second-order valence-electron chi connectivity index (χ2n) is 4.28. The van der Waals surface area contributed by atoms with Crippen LogP contribution < -0.4 is 10.1 Å². The average Bonchev–Trinajstić information content (AvgIpc) is 2.54. The number of pyridine rings is 1. The van der Waals surface area contributed by atoms with Crippen LogP contribution in [0.25, 0.3) is 0 Å². The zero-order chi connectivity index (χ0) is 16.8. The van der Waals surface area contributed by atoms with Crippen LogP contribution in [-0.2, 0) is 4.79 Å². The van der Waals surface area contributed by atoms with E-state index in [1.807, 2.05) is 0 Å². The maximum absolute atomic E-state index is 11.8. The number of halogens is 1. The van der Waals surface area contributed by atoms with Gasteiger partial charge in [-0.1, -0.05) is 11.6 Å². The molecule has 2 rings (SSSR count). The SMILES string of the molecule is O=Cc1ccc(OCC(=O)Nc2cccnc2Cl)c([N+](=O)[O-])c1. The Morgan fingerprint density at radius 1 is 1.43 bits per heavy atom. The minimum Gasteiger partial charge on any atom is -0.477 e. The Bertz CT molecular complexity index is 766. The van der Waals surface area contributed by atoms with Gasteiger partial charge in [-0.25, -0.2) is 4.98 Å². The average molecular weight is 336 g/mol. The Balaban J connectivity index is 2.06. The molecule has 0 fully saturated rings. The van der Waals surface area contributed by atoms with Crippen molar-refractivity contribution < 1.29 is 19.2 Å². The lowest BCUT2D eigenvalue weighted by molar-refractivity contribution is -0.385. The van der Waals surface area contributed by atoms with Gasteiger partial charge in [0.15, 0.2) is 17.5 Å². The fourth-order valence-corrected chi connectivity index (χ4v) is 1.85. The Kier molecular flexibility index (Phi) is 5.21. The lowest BCUT2D eigenvalue weighted by Crippen LogP contribution is -2.20. The zero-order valence-electron chi connectivity index (χ0n) is 11.6. The minimum absolute atomic E-state index is 0.113. The summed E-state index contributed by atoms with van der Waals surface area (Å²) in [4.78, 5) is 36.5. The summed E-state index contributed by atoms with van der Waals surface area (Å²) < 4.78 is 5.14. The van der Waals surface area contributed by atoms with E-state index in [-0.39, 0.29) is 16.5 Å². The third-order valence-electron chi connectivity index (χ3n) is 2.71. The van der Waals surface area contributed by atoms with Crippen molar-refractivity contribution in [1.29, 1.82) is 0 Å². The van der Waals surface area contributed by atoms with E-state index < -0.39 is 23.1 Å². The van der Waals surface area contributed by atoms with Crippen LogP contribution >= 0.6 is 11.6 Å². The van der Waals surface area contributed by atoms with Gasteiger partial charge in [-0.3, -0.25) is 19.7 Å². The van der Waals surface area contributed by atoms with Gasteiger partial charge in [0.1, 0.15) is 6.29 Å². The molecule has 2 aromatic rings. The van der Waals surface area contributed by atoms with Gasteiger partial charge in [-0.2, -0.15) is 0 Å². The number of hydrogen-bond donors (Lipinski definition) is 1. The molecule has 0 aliphatic carbocycles. The molecule has 0 bridgehead atoms. The summed E-state index contributed by atoms with van der Waals surface area (Å²) in [5, 5.41) is 13.5. The van der Waals surface area contributed by atoms with Crippen LogP contribution in [0, 0.1) is 10.1 Å². The van der Waals surface area contributed by atoms with E-state index in [4.69, 9.17) is 16.3 Å². The first-order chi connectivity index (χ1) is 11.0. The number of aromatic nitrogens is 1. The largest absolute Gasteiger partial charge is 0.477 e. The first-order valence-electron chi connectivity index (χ1n) is 6.28. The van der Waals surface area contributed by atoms with Gasteiger partial charge in [-0.05, 0) is 24.3 Å². The summed E-state index contributed by atoms with van der Waals surface area (Å²) in [6, 6.07) is 6.82. The molecule has 1 N–H and O–H groups in total. The van der Waals surface area contributed by atoms with Crippen LogP contribution in [0.1, 0.15) is 10.4 Å². The molecule has 8 nitrogen and oxygen atoms in total. The van der Waals surface area contributed by atoms with Crippen LogP contribution in [-0.4, -0.2) is 28.7 Å². The van der Waals surface area contributed by atoms with E-state index in [0.29, 0.717) is 12.0 Å². The fraction of sp³-hybridized carbons (Fsp3) is 0.0714. The van der Waals surface area contributed by atoms with E-state index in [9.17, 15) is 19.7 Å². The van der Waals surface area contributed by atoms with Gasteiger partial charge in [-0.15, -0.1) is 0 Å². The third-order valence-corrected chi connectivity index (χ3v) is 3.01. The number of nitro benzene ring substituents is 1. The number of nitrogens with one attached hydrogen (secondary N) is 1. The van der Waals surface area contributed by atoms with Crippen molar-refractivity contribution in [2.45, 2.75) is 0 Å². The molecule has 23 heavy (non-hydrogen) atoms. The molecule has 0 saturated carbocycles. The maximum atomic E-state index is 11.8. The van der Waals surface area contributed by atoms with Gasteiger partial charge in [0.05, 0.1) is 10.6 Å². The van der Waals surface area contributed by atoms with Crippen molar-refractivity contribution in [2.24, 2.45) is 0 Å². The predicted molar refractivity (Wildman–Crippen MR) is 81.9 cm³/mol. The number of aldehydes is 1. The van der Waals surface area contributed by atoms with Gasteiger partial charge in [0.2, 0.25) is 0 Å². The number of carbonyl (C=O) groups is 2. The highest BCUT2D eigenvalue weighted by atomic mass is 35.5. The van der Waals surface area contributed by atoms with Crippen molar-refractivity contribution in [3.63, 3.8) is 0 Å². The van der Waals surface area contributed by atoms with Crippen LogP contribution in [0.2, 0.25) is 5.15 Å². The molecule has 118 valence electrons. The molecule has 1 heterocycles. The smallest absolute Gasteiger partial charge is 0.311 e. The molecule has 0 atom stereocenters. The number of carbonyl (C=O) groups excluding carboxylic acids is 2. The van der Waals surface area contributed by atoms with Gasteiger partial charge in [0, 0.05) is 17.8 Å². The minimum atomic E-state index is -0.696. The third kappa shape index (κ3) is 4.24. The van der Waals surface area contributed by atoms with Crippen molar-refractivity contribution >= 4 is 35.2 Å². The highest BCUT2D eigenvalue weighted by Crippen LogP contribution is 2.27. The first kappa shape index (κ1) is 16.4. The summed E-state index contributed by atoms with van der Waals surface area (Å²) in [5.41, 5.74) is 0.0334. The van der Waals surface area contributed by atoms with E-state index in [1.165, 1.54) is 18.3 Å². The summed E-state index contributed by atoms with van der Waals surface area (Å²) >= 11 is 5.80. The van der Waals surface area contributed by atoms with Gasteiger partial charge >= 0.3 is 5.69 Å². The number of benzene rings is 1. The lowest BCUT2D eigenvalue weighted by Gasteiger charge is -2.08. The summed E-state index contributed by atoms with van der Waals surface area (Å²) in [6.07, 6.45) is 1.94. The molecule has 0 aliphatic heterocycles. The van der Waals surface area contributed by atoms with Crippen LogP contribution in [0.15, 0.2) is 36.5 Å². The predicted octanol–water partition coefficient (Wildman–Crippen LogP) is 2.47. The Morgan fingerprint density at radius 2 is 2.22 bits per heavy atom. The molecule has 0 aliphatic rings. The standard InChI is InChI=1S/C14H10ClN3O5/c15-14-10(2-1-5-16-14)17-13(20)8-23-12-4-3-9(7-19)6-11(12)18(21)22/h1-7H,8H2,(H,17,20). The number of rotatable bonds is 6.